The van der Waals surface area contributed by atoms with Gasteiger partial charge in [0, 0.05) is 0 Å². The van der Waals surface area contributed by atoms with Gasteiger partial charge in [0.05, 0.1) is 0 Å². The molecule has 0 nitrogen and oxygen atoms in total. The highest BCUT2D eigenvalue weighted by Crippen LogP contribution is 2.65. The third-order valence-corrected chi connectivity index (χ3v) is 10.3. The summed E-state index contributed by atoms with van der Waals surface area (Å²) in [5.41, 5.74) is 2.49. The van der Waals surface area contributed by atoms with Crippen LogP contribution in [-0.2, 0) is 0 Å². The van der Waals surface area contributed by atoms with Crippen LogP contribution >= 0.6 is 0 Å². The first-order valence-corrected chi connectivity index (χ1v) is 13.4. The normalized spacial score (nSPS) is 42.7. The Bertz CT molecular complexity index is 518. The summed E-state index contributed by atoms with van der Waals surface area (Å²) in [7, 11) is 0. The highest BCUT2D eigenvalue weighted by Gasteiger charge is 2.56. The molecule has 0 heterocycles. The van der Waals surface area contributed by atoms with Gasteiger partial charge in [-0.2, -0.15) is 0 Å². The van der Waals surface area contributed by atoms with E-state index in [-0.39, 0.29) is 0 Å². The smallest absolute Gasteiger partial charge is 0.00908 e. The first-order chi connectivity index (χ1) is 13.8. The topological polar surface area (TPSA) is 0 Å². The van der Waals surface area contributed by atoms with Gasteiger partial charge in [-0.05, 0) is 98.2 Å². The van der Waals surface area contributed by atoms with Crippen molar-refractivity contribution in [3.05, 3.63) is 12.2 Å². The molecule has 0 saturated heterocycles. The average molecular weight is 403 g/mol. The van der Waals surface area contributed by atoms with Crippen LogP contribution < -0.4 is 0 Å². The molecule has 0 amide bonds. The van der Waals surface area contributed by atoms with Crippen molar-refractivity contribution in [1.82, 2.24) is 0 Å². The summed E-state index contributed by atoms with van der Waals surface area (Å²) in [5, 5.41) is 0. The van der Waals surface area contributed by atoms with Crippen LogP contribution in [0.4, 0.5) is 0 Å². The van der Waals surface area contributed by atoms with Crippen LogP contribution in [0.2, 0.25) is 0 Å². The number of fused-ring (bicyclic) bond motifs is 3. The Balaban J connectivity index is 0.00000145. The van der Waals surface area contributed by atoms with Crippen LogP contribution in [0.1, 0.15) is 126 Å². The van der Waals surface area contributed by atoms with Gasteiger partial charge in [-0.15, -0.1) is 0 Å². The summed E-state index contributed by atoms with van der Waals surface area (Å²) < 4.78 is 0. The van der Waals surface area contributed by atoms with E-state index in [0.29, 0.717) is 10.8 Å². The number of hydrogen-bond acceptors (Lipinski definition) is 0. The molecule has 29 heavy (non-hydrogen) atoms. The molecule has 0 bridgehead atoms. The van der Waals surface area contributed by atoms with Crippen molar-refractivity contribution in [3.8, 4) is 0 Å². The molecule has 0 aliphatic heterocycles. The van der Waals surface area contributed by atoms with E-state index in [0.717, 1.165) is 35.5 Å². The van der Waals surface area contributed by atoms with Crippen LogP contribution in [0, 0.1) is 46.3 Å². The molecule has 0 aromatic rings. The first-order valence-electron chi connectivity index (χ1n) is 13.4. The van der Waals surface area contributed by atoms with Crippen LogP contribution in [-0.4, -0.2) is 0 Å². The molecule has 3 rings (SSSR count). The number of hydrogen-bond donors (Lipinski definition) is 0. The fraction of sp³-hybridized carbons (Fsp3) is 0.931. The fourth-order valence-corrected chi connectivity index (χ4v) is 7.94. The van der Waals surface area contributed by atoms with Gasteiger partial charge in [0.15, 0.2) is 0 Å². The van der Waals surface area contributed by atoms with Gasteiger partial charge in [0.1, 0.15) is 0 Å². The maximum Gasteiger partial charge on any atom is -0.00908 e. The van der Waals surface area contributed by atoms with Gasteiger partial charge < -0.3 is 0 Å². The largest absolute Gasteiger partial charge is 0.0996 e. The molecular weight excluding hydrogens is 348 g/mol. The molecule has 0 N–H and O–H groups in total. The second kappa shape index (κ2) is 10.4. The van der Waals surface area contributed by atoms with Crippen LogP contribution in [0.25, 0.3) is 0 Å². The van der Waals surface area contributed by atoms with Crippen molar-refractivity contribution in [3.63, 3.8) is 0 Å². The molecule has 0 heteroatoms. The van der Waals surface area contributed by atoms with E-state index >= 15 is 0 Å². The molecule has 0 spiro atoms. The van der Waals surface area contributed by atoms with Crippen molar-refractivity contribution in [2.45, 2.75) is 126 Å². The van der Waals surface area contributed by atoms with Crippen molar-refractivity contribution in [1.29, 1.82) is 0 Å². The second-order valence-corrected chi connectivity index (χ2v) is 11.5. The molecule has 3 saturated carbocycles. The SMILES string of the molecule is C=C(C)[C@@]1(C)CCC2C(CCC3CC(CCC(C)CC)CC[C@@]32C)C1CC.CC. The van der Waals surface area contributed by atoms with Crippen LogP contribution in [0.5, 0.6) is 0 Å². The van der Waals surface area contributed by atoms with E-state index in [2.05, 4.69) is 48.1 Å². The molecule has 0 aromatic carbocycles. The second-order valence-electron chi connectivity index (χ2n) is 11.5. The zero-order valence-corrected chi connectivity index (χ0v) is 21.4. The predicted octanol–water partition coefficient (Wildman–Crippen LogP) is 9.69. The molecule has 8 atom stereocenters. The number of allylic oxidation sites excluding steroid dienone is 1. The minimum absolute atomic E-state index is 0.395. The maximum atomic E-state index is 4.44. The Hall–Kier alpha value is -0.260. The standard InChI is InChI=1S/C27H48.C2H6/c1-8-20(5)10-11-21-14-16-27(7)22(18-21)12-13-23-24(9-2)26(6,19(3)4)17-15-25(23)27;1-2/h20-25H,3,8-18H2,1-2,4-7H3;1-2H3/t20?,21?,22?,23?,24?,25?,26-,27+;/m1./s1. The Labute approximate surface area is 184 Å². The van der Waals surface area contributed by atoms with Crippen molar-refractivity contribution in [2.75, 3.05) is 0 Å². The summed E-state index contributed by atoms with van der Waals surface area (Å²) in [4.78, 5) is 0. The summed E-state index contributed by atoms with van der Waals surface area (Å²) >= 11 is 0. The van der Waals surface area contributed by atoms with Gasteiger partial charge >= 0.3 is 0 Å². The third-order valence-electron chi connectivity index (χ3n) is 10.3. The first kappa shape index (κ1) is 25.0. The summed E-state index contributed by atoms with van der Waals surface area (Å²) in [6.07, 6.45) is 16.1. The lowest BCUT2D eigenvalue weighted by atomic mass is 9.43. The van der Waals surface area contributed by atoms with Gasteiger partial charge in [-0.25, -0.2) is 0 Å². The van der Waals surface area contributed by atoms with E-state index in [9.17, 15) is 0 Å². The lowest BCUT2D eigenvalue weighted by molar-refractivity contribution is -0.113. The van der Waals surface area contributed by atoms with Crippen LogP contribution in [0.3, 0.4) is 0 Å². The lowest BCUT2D eigenvalue weighted by Crippen LogP contribution is -2.53. The van der Waals surface area contributed by atoms with Crippen LogP contribution in [0.15, 0.2) is 12.2 Å². The zero-order chi connectivity index (χ0) is 21.8. The van der Waals surface area contributed by atoms with E-state index in [1.54, 1.807) is 6.42 Å². The van der Waals surface area contributed by atoms with E-state index in [1.165, 1.54) is 69.8 Å². The molecule has 3 aliphatic carbocycles. The maximum absolute atomic E-state index is 4.44. The monoisotopic (exact) mass is 402 g/mol. The summed E-state index contributed by atoms with van der Waals surface area (Å²) in [6.45, 7) is 23.3. The van der Waals surface area contributed by atoms with E-state index in [1.807, 2.05) is 13.8 Å². The Morgan fingerprint density at radius 1 is 1.03 bits per heavy atom. The summed E-state index contributed by atoms with van der Waals surface area (Å²) in [5.74, 6) is 5.79. The minimum atomic E-state index is 0.395. The minimum Gasteiger partial charge on any atom is -0.0996 e. The Morgan fingerprint density at radius 2 is 1.72 bits per heavy atom. The quantitative estimate of drug-likeness (QED) is 0.388. The van der Waals surface area contributed by atoms with E-state index in [4.69, 9.17) is 0 Å². The van der Waals surface area contributed by atoms with Gasteiger partial charge in [-0.1, -0.05) is 86.3 Å². The van der Waals surface area contributed by atoms with Crippen molar-refractivity contribution in [2.24, 2.45) is 46.3 Å². The highest BCUT2D eigenvalue weighted by atomic mass is 14.6. The predicted molar refractivity (Wildman–Crippen MR) is 131 cm³/mol. The molecular formula is C29H54. The third kappa shape index (κ3) is 4.82. The Morgan fingerprint density at radius 3 is 2.31 bits per heavy atom. The highest BCUT2D eigenvalue weighted by molar-refractivity contribution is 5.14. The molecule has 0 radical (unpaired) electrons. The number of rotatable bonds is 6. The zero-order valence-electron chi connectivity index (χ0n) is 21.4. The van der Waals surface area contributed by atoms with Crippen molar-refractivity contribution >= 4 is 0 Å². The molecule has 6 unspecified atom stereocenters. The van der Waals surface area contributed by atoms with Gasteiger partial charge in [0.2, 0.25) is 0 Å². The van der Waals surface area contributed by atoms with Gasteiger partial charge in [-0.3, -0.25) is 0 Å². The van der Waals surface area contributed by atoms with Gasteiger partial charge in [0.25, 0.3) is 0 Å². The molecule has 3 fully saturated rings. The molecule has 3 aliphatic rings. The lowest BCUT2D eigenvalue weighted by Gasteiger charge is -2.62. The molecule has 170 valence electrons. The average Bonchev–Trinajstić information content (AvgIpc) is 2.72. The summed E-state index contributed by atoms with van der Waals surface area (Å²) in [6, 6.07) is 0. The molecule has 0 aromatic heterocycles. The fourth-order valence-electron chi connectivity index (χ4n) is 7.94. The van der Waals surface area contributed by atoms with Crippen molar-refractivity contribution < 1.29 is 0 Å². The Kier molecular flexibility index (Phi) is 8.94. The van der Waals surface area contributed by atoms with E-state index < -0.39 is 0 Å².